The molecule has 1 aromatic heterocycles. The van der Waals surface area contributed by atoms with Crippen molar-refractivity contribution in [2.75, 3.05) is 33.8 Å². The standard InChI is InChI=1S/C18H22ClN3O4/c1-12-10-22(7-6-21(12)2)18(23)15-9-14(26-20-15)11-25-16-5-4-13(19)8-17(16)24-3/h4-5,8-9,12H,6-7,10-11H2,1-3H3. The van der Waals surface area contributed by atoms with Crippen molar-refractivity contribution in [3.8, 4) is 11.5 Å². The van der Waals surface area contributed by atoms with Gasteiger partial charge >= 0.3 is 0 Å². The number of carbonyl (C=O) groups is 1. The lowest BCUT2D eigenvalue weighted by molar-refractivity contribution is 0.0562. The van der Waals surface area contributed by atoms with E-state index in [-0.39, 0.29) is 12.5 Å². The molecular formula is C18H22ClN3O4. The van der Waals surface area contributed by atoms with Crippen LogP contribution in [0, 0.1) is 0 Å². The summed E-state index contributed by atoms with van der Waals surface area (Å²) in [6, 6.07) is 7.03. The zero-order valence-corrected chi connectivity index (χ0v) is 15.8. The fraction of sp³-hybridized carbons (Fsp3) is 0.444. The molecule has 0 saturated carbocycles. The molecule has 0 radical (unpaired) electrons. The Labute approximate surface area is 157 Å². The van der Waals surface area contributed by atoms with E-state index < -0.39 is 0 Å². The molecule has 1 aliphatic rings. The van der Waals surface area contributed by atoms with E-state index in [2.05, 4.69) is 24.0 Å². The first-order chi connectivity index (χ1) is 12.5. The van der Waals surface area contributed by atoms with E-state index in [0.29, 0.717) is 47.1 Å². The van der Waals surface area contributed by atoms with Crippen molar-refractivity contribution >= 4 is 17.5 Å². The normalized spacial score (nSPS) is 18.0. The predicted octanol–water partition coefficient (Wildman–Crippen LogP) is 2.69. The summed E-state index contributed by atoms with van der Waals surface area (Å²) in [5.41, 5.74) is 0.295. The number of piperazine rings is 1. The van der Waals surface area contributed by atoms with Gasteiger partial charge in [0.15, 0.2) is 23.0 Å². The third-order valence-electron chi connectivity index (χ3n) is 4.52. The Hall–Kier alpha value is -2.25. The molecule has 1 aliphatic heterocycles. The minimum absolute atomic E-state index is 0.121. The van der Waals surface area contributed by atoms with Gasteiger partial charge in [-0.3, -0.25) is 4.79 Å². The van der Waals surface area contributed by atoms with Gasteiger partial charge in [-0.2, -0.15) is 0 Å². The maximum Gasteiger partial charge on any atom is 0.276 e. The largest absolute Gasteiger partial charge is 0.493 e. The van der Waals surface area contributed by atoms with Gasteiger partial charge in [0.25, 0.3) is 5.91 Å². The second-order valence-electron chi connectivity index (χ2n) is 6.34. The van der Waals surface area contributed by atoms with Crippen molar-refractivity contribution in [1.29, 1.82) is 0 Å². The summed E-state index contributed by atoms with van der Waals surface area (Å²) in [4.78, 5) is 16.6. The first kappa shape index (κ1) is 18.5. The molecule has 1 amide bonds. The SMILES string of the molecule is COc1cc(Cl)ccc1OCc1cc(C(=O)N2CCN(C)C(C)C2)no1. The van der Waals surface area contributed by atoms with Crippen LogP contribution in [0.5, 0.6) is 11.5 Å². The van der Waals surface area contributed by atoms with E-state index in [9.17, 15) is 4.79 Å². The van der Waals surface area contributed by atoms with Gasteiger partial charge in [0.1, 0.15) is 6.61 Å². The third-order valence-corrected chi connectivity index (χ3v) is 4.76. The highest BCUT2D eigenvalue weighted by Gasteiger charge is 2.27. The molecule has 1 unspecified atom stereocenters. The first-order valence-electron chi connectivity index (χ1n) is 8.39. The van der Waals surface area contributed by atoms with Gasteiger partial charge in [-0.25, -0.2) is 0 Å². The summed E-state index contributed by atoms with van der Waals surface area (Å²) in [6.07, 6.45) is 0. The van der Waals surface area contributed by atoms with Gasteiger partial charge < -0.3 is 23.8 Å². The fourth-order valence-corrected chi connectivity index (χ4v) is 2.95. The van der Waals surface area contributed by atoms with Gasteiger partial charge in [0, 0.05) is 42.8 Å². The van der Waals surface area contributed by atoms with Crippen LogP contribution in [0.1, 0.15) is 23.2 Å². The van der Waals surface area contributed by atoms with E-state index in [1.807, 2.05) is 0 Å². The van der Waals surface area contributed by atoms with Crippen LogP contribution in [-0.4, -0.2) is 60.7 Å². The van der Waals surface area contributed by atoms with Crippen molar-refractivity contribution in [3.05, 3.63) is 40.7 Å². The number of benzene rings is 1. The van der Waals surface area contributed by atoms with Crippen molar-refractivity contribution in [2.24, 2.45) is 0 Å². The van der Waals surface area contributed by atoms with Gasteiger partial charge in [0.2, 0.25) is 0 Å². The van der Waals surface area contributed by atoms with E-state index >= 15 is 0 Å². The highest BCUT2D eigenvalue weighted by atomic mass is 35.5. The molecular weight excluding hydrogens is 358 g/mol. The van der Waals surface area contributed by atoms with Gasteiger partial charge in [0.05, 0.1) is 7.11 Å². The first-order valence-corrected chi connectivity index (χ1v) is 8.77. The molecule has 8 heteroatoms. The number of likely N-dealkylation sites (N-methyl/N-ethyl adjacent to an activating group) is 1. The predicted molar refractivity (Wildman–Crippen MR) is 96.8 cm³/mol. The van der Waals surface area contributed by atoms with Crippen LogP contribution >= 0.6 is 11.6 Å². The minimum atomic E-state index is -0.121. The van der Waals surface area contributed by atoms with E-state index in [1.54, 1.807) is 36.3 Å². The molecule has 3 rings (SSSR count). The number of hydrogen-bond acceptors (Lipinski definition) is 6. The molecule has 26 heavy (non-hydrogen) atoms. The maximum absolute atomic E-state index is 12.6. The molecule has 0 spiro atoms. The number of hydrogen-bond donors (Lipinski definition) is 0. The number of aromatic nitrogens is 1. The molecule has 0 aliphatic carbocycles. The molecule has 1 atom stereocenters. The van der Waals surface area contributed by atoms with Crippen LogP contribution in [-0.2, 0) is 6.61 Å². The van der Waals surface area contributed by atoms with Crippen LogP contribution < -0.4 is 9.47 Å². The summed E-state index contributed by atoms with van der Waals surface area (Å²) in [5.74, 6) is 1.41. The number of amides is 1. The second-order valence-corrected chi connectivity index (χ2v) is 6.78. The Kier molecular flexibility index (Phi) is 5.68. The van der Waals surface area contributed by atoms with Crippen molar-refractivity contribution in [1.82, 2.24) is 15.0 Å². The molecule has 2 heterocycles. The Bertz CT molecular complexity index is 780. The lowest BCUT2D eigenvalue weighted by atomic mass is 10.2. The number of rotatable bonds is 5. The minimum Gasteiger partial charge on any atom is -0.493 e. The van der Waals surface area contributed by atoms with E-state index in [0.717, 1.165) is 6.54 Å². The summed E-state index contributed by atoms with van der Waals surface area (Å²) in [7, 11) is 3.60. The lowest BCUT2D eigenvalue weighted by Crippen LogP contribution is -2.52. The number of halogens is 1. The fourth-order valence-electron chi connectivity index (χ4n) is 2.79. The van der Waals surface area contributed by atoms with Crippen LogP contribution in [0.15, 0.2) is 28.8 Å². The van der Waals surface area contributed by atoms with Gasteiger partial charge in [-0.15, -0.1) is 0 Å². The van der Waals surface area contributed by atoms with Crippen LogP contribution in [0.4, 0.5) is 0 Å². The quantitative estimate of drug-likeness (QED) is 0.795. The van der Waals surface area contributed by atoms with Gasteiger partial charge in [-0.05, 0) is 26.1 Å². The van der Waals surface area contributed by atoms with Gasteiger partial charge in [-0.1, -0.05) is 16.8 Å². The van der Waals surface area contributed by atoms with Crippen LogP contribution in [0.3, 0.4) is 0 Å². The molecule has 140 valence electrons. The highest BCUT2D eigenvalue weighted by molar-refractivity contribution is 6.30. The Morgan fingerprint density at radius 2 is 2.15 bits per heavy atom. The monoisotopic (exact) mass is 379 g/mol. The van der Waals surface area contributed by atoms with Crippen LogP contribution in [0.25, 0.3) is 0 Å². The average molecular weight is 380 g/mol. The van der Waals surface area contributed by atoms with Crippen molar-refractivity contribution < 1.29 is 18.8 Å². The smallest absolute Gasteiger partial charge is 0.276 e. The van der Waals surface area contributed by atoms with E-state index in [1.165, 1.54) is 0 Å². The zero-order chi connectivity index (χ0) is 18.7. The topological polar surface area (TPSA) is 68.0 Å². The molecule has 7 nitrogen and oxygen atoms in total. The third kappa shape index (κ3) is 4.11. The molecule has 0 bridgehead atoms. The molecule has 1 saturated heterocycles. The second kappa shape index (κ2) is 7.97. The number of nitrogens with zero attached hydrogens (tertiary/aromatic N) is 3. The zero-order valence-electron chi connectivity index (χ0n) is 15.1. The summed E-state index contributed by atoms with van der Waals surface area (Å²) in [6.45, 7) is 4.44. The maximum atomic E-state index is 12.6. The Balaban J connectivity index is 1.62. The number of carbonyl (C=O) groups excluding carboxylic acids is 1. The molecule has 2 aromatic rings. The average Bonchev–Trinajstić information content (AvgIpc) is 3.11. The Morgan fingerprint density at radius 1 is 1.35 bits per heavy atom. The van der Waals surface area contributed by atoms with Crippen molar-refractivity contribution in [3.63, 3.8) is 0 Å². The molecule has 1 fully saturated rings. The molecule has 0 N–H and O–H groups in total. The van der Waals surface area contributed by atoms with Crippen LogP contribution in [0.2, 0.25) is 5.02 Å². The number of ether oxygens (including phenoxy) is 2. The lowest BCUT2D eigenvalue weighted by Gasteiger charge is -2.37. The van der Waals surface area contributed by atoms with Crippen molar-refractivity contribution in [2.45, 2.75) is 19.6 Å². The highest BCUT2D eigenvalue weighted by Crippen LogP contribution is 2.30. The van der Waals surface area contributed by atoms with E-state index in [4.69, 9.17) is 25.6 Å². The number of methoxy groups -OCH3 is 1. The summed E-state index contributed by atoms with van der Waals surface area (Å²) in [5, 5.41) is 4.45. The summed E-state index contributed by atoms with van der Waals surface area (Å²) >= 11 is 5.93. The summed E-state index contributed by atoms with van der Waals surface area (Å²) < 4.78 is 16.2. The Morgan fingerprint density at radius 3 is 2.88 bits per heavy atom. The molecule has 1 aromatic carbocycles.